The Labute approximate surface area is 148 Å². The molecule has 7 heteroatoms. The number of rotatable bonds is 4. The van der Waals surface area contributed by atoms with Gasteiger partial charge in [0.2, 0.25) is 11.9 Å². The van der Waals surface area contributed by atoms with Crippen molar-refractivity contribution in [3.05, 3.63) is 18.5 Å². The van der Waals surface area contributed by atoms with Crippen LogP contribution in [0.2, 0.25) is 0 Å². The lowest BCUT2D eigenvalue weighted by Gasteiger charge is -2.38. The van der Waals surface area contributed by atoms with E-state index in [-0.39, 0.29) is 17.8 Å². The van der Waals surface area contributed by atoms with E-state index in [0.717, 1.165) is 44.7 Å². The molecule has 0 saturated carbocycles. The summed E-state index contributed by atoms with van der Waals surface area (Å²) in [4.78, 5) is 37.6. The minimum absolute atomic E-state index is 0.0324. The monoisotopic (exact) mass is 346 g/mol. The van der Waals surface area contributed by atoms with Crippen molar-refractivity contribution in [3.8, 4) is 0 Å². The molecule has 0 unspecified atom stereocenters. The highest BCUT2D eigenvalue weighted by Gasteiger charge is 2.37. The van der Waals surface area contributed by atoms with Gasteiger partial charge in [0.1, 0.15) is 6.04 Å². The molecule has 0 bridgehead atoms. The third-order valence-electron chi connectivity index (χ3n) is 5.02. The molecule has 0 spiro atoms. The van der Waals surface area contributed by atoms with Gasteiger partial charge in [0, 0.05) is 37.9 Å². The molecule has 0 radical (unpaired) electrons. The molecule has 136 valence electrons. The first-order valence-corrected chi connectivity index (χ1v) is 9.19. The van der Waals surface area contributed by atoms with Crippen LogP contribution in [0.3, 0.4) is 0 Å². The van der Waals surface area contributed by atoms with Crippen LogP contribution in [0.1, 0.15) is 39.0 Å². The van der Waals surface area contributed by atoms with Gasteiger partial charge in [-0.1, -0.05) is 0 Å². The van der Waals surface area contributed by atoms with E-state index in [0.29, 0.717) is 19.6 Å². The van der Waals surface area contributed by atoms with Crippen LogP contribution in [-0.2, 0) is 14.3 Å². The Bertz CT molecular complexity index is 587. The number of hydrogen-bond acceptors (Lipinski definition) is 6. The first-order chi connectivity index (χ1) is 12.2. The average molecular weight is 346 g/mol. The number of anilines is 1. The van der Waals surface area contributed by atoms with E-state index in [9.17, 15) is 9.59 Å². The molecule has 0 N–H and O–H groups in total. The zero-order valence-corrected chi connectivity index (χ0v) is 14.8. The molecule has 25 heavy (non-hydrogen) atoms. The Morgan fingerprint density at radius 2 is 1.84 bits per heavy atom. The summed E-state index contributed by atoms with van der Waals surface area (Å²) < 4.78 is 5.17. The summed E-state index contributed by atoms with van der Waals surface area (Å²) in [5.74, 6) is 0.530. The lowest BCUT2D eigenvalue weighted by Crippen LogP contribution is -2.52. The molecule has 1 aromatic rings. The van der Waals surface area contributed by atoms with Crippen molar-refractivity contribution < 1.29 is 14.3 Å². The number of ether oxygens (including phenoxy) is 1. The maximum Gasteiger partial charge on any atom is 0.328 e. The van der Waals surface area contributed by atoms with Crippen molar-refractivity contribution in [1.29, 1.82) is 0 Å². The number of esters is 1. The van der Waals surface area contributed by atoms with Gasteiger partial charge in [-0.25, -0.2) is 14.8 Å². The maximum atomic E-state index is 13.0. The van der Waals surface area contributed by atoms with Gasteiger partial charge in [0.05, 0.1) is 6.61 Å². The van der Waals surface area contributed by atoms with E-state index in [2.05, 4.69) is 14.9 Å². The smallest absolute Gasteiger partial charge is 0.328 e. The highest BCUT2D eigenvalue weighted by molar-refractivity contribution is 5.86. The molecule has 1 atom stereocenters. The fraction of sp³-hybridized carbons (Fsp3) is 0.667. The van der Waals surface area contributed by atoms with Gasteiger partial charge < -0.3 is 14.5 Å². The highest BCUT2D eigenvalue weighted by Crippen LogP contribution is 2.26. The number of nitrogens with zero attached hydrogens (tertiary/aromatic N) is 4. The fourth-order valence-electron chi connectivity index (χ4n) is 3.69. The summed E-state index contributed by atoms with van der Waals surface area (Å²) in [7, 11) is 0. The average Bonchev–Trinajstić information content (AvgIpc) is 2.68. The summed E-state index contributed by atoms with van der Waals surface area (Å²) in [5, 5.41) is 0. The SMILES string of the molecule is CCOC(=O)[C@@H]1CCCCN1C(=O)C1CCN(c2ncccn2)CC1. The molecule has 3 rings (SSSR count). The van der Waals surface area contributed by atoms with E-state index in [1.165, 1.54) is 0 Å². The Kier molecular flexibility index (Phi) is 5.83. The van der Waals surface area contributed by atoms with Crippen LogP contribution in [0.4, 0.5) is 5.95 Å². The van der Waals surface area contributed by atoms with E-state index < -0.39 is 6.04 Å². The first-order valence-electron chi connectivity index (χ1n) is 9.19. The quantitative estimate of drug-likeness (QED) is 0.772. The molecule has 1 amide bonds. The number of carbonyl (C=O) groups excluding carboxylic acids is 2. The van der Waals surface area contributed by atoms with Crippen LogP contribution in [0.5, 0.6) is 0 Å². The van der Waals surface area contributed by atoms with Crippen molar-refractivity contribution in [2.45, 2.75) is 45.1 Å². The van der Waals surface area contributed by atoms with Gasteiger partial charge in [-0.3, -0.25) is 4.79 Å². The lowest BCUT2D eigenvalue weighted by molar-refractivity contribution is -0.158. The summed E-state index contributed by atoms with van der Waals surface area (Å²) >= 11 is 0. The number of hydrogen-bond donors (Lipinski definition) is 0. The fourth-order valence-corrected chi connectivity index (χ4v) is 3.69. The van der Waals surface area contributed by atoms with Crippen LogP contribution in [0, 0.1) is 5.92 Å². The Morgan fingerprint density at radius 1 is 1.12 bits per heavy atom. The van der Waals surface area contributed by atoms with Gasteiger partial charge in [-0.05, 0) is 45.1 Å². The van der Waals surface area contributed by atoms with Gasteiger partial charge in [0.15, 0.2) is 0 Å². The normalized spacial score (nSPS) is 21.9. The highest BCUT2D eigenvalue weighted by atomic mass is 16.5. The van der Waals surface area contributed by atoms with Crippen molar-refractivity contribution >= 4 is 17.8 Å². The number of carbonyl (C=O) groups is 2. The molecule has 2 aliphatic heterocycles. The van der Waals surface area contributed by atoms with Crippen LogP contribution in [0.15, 0.2) is 18.5 Å². The van der Waals surface area contributed by atoms with Crippen molar-refractivity contribution in [2.75, 3.05) is 31.1 Å². The molecule has 3 heterocycles. The van der Waals surface area contributed by atoms with Crippen molar-refractivity contribution in [3.63, 3.8) is 0 Å². The Hall–Kier alpha value is -2.18. The molecule has 2 aliphatic rings. The summed E-state index contributed by atoms with van der Waals surface area (Å²) in [6, 6.07) is 1.39. The molecule has 7 nitrogen and oxygen atoms in total. The number of piperidine rings is 2. The second kappa shape index (κ2) is 8.27. The van der Waals surface area contributed by atoms with E-state index in [4.69, 9.17) is 4.74 Å². The first kappa shape index (κ1) is 17.6. The van der Waals surface area contributed by atoms with Crippen LogP contribution < -0.4 is 4.90 Å². The molecule has 0 aliphatic carbocycles. The molecular formula is C18H26N4O3. The second-order valence-corrected chi connectivity index (χ2v) is 6.61. The zero-order valence-electron chi connectivity index (χ0n) is 14.8. The molecule has 0 aromatic carbocycles. The largest absolute Gasteiger partial charge is 0.464 e. The third-order valence-corrected chi connectivity index (χ3v) is 5.02. The number of amides is 1. The molecule has 2 fully saturated rings. The van der Waals surface area contributed by atoms with Gasteiger partial charge in [-0.15, -0.1) is 0 Å². The predicted octanol–water partition coefficient (Wildman–Crippen LogP) is 1.64. The third kappa shape index (κ3) is 4.08. The minimum Gasteiger partial charge on any atom is -0.464 e. The minimum atomic E-state index is -0.406. The second-order valence-electron chi connectivity index (χ2n) is 6.61. The van der Waals surface area contributed by atoms with Gasteiger partial charge in [0.25, 0.3) is 0 Å². The standard InChI is InChI=1S/C18H26N4O3/c1-2-25-17(24)15-6-3-4-11-22(15)16(23)14-7-12-21(13-8-14)18-19-9-5-10-20-18/h5,9-10,14-15H,2-4,6-8,11-13H2,1H3/t15-/m0/s1. The molecular weight excluding hydrogens is 320 g/mol. The van der Waals surface area contributed by atoms with Crippen LogP contribution in [-0.4, -0.2) is 59.0 Å². The van der Waals surface area contributed by atoms with Gasteiger partial charge >= 0.3 is 5.97 Å². The lowest BCUT2D eigenvalue weighted by atomic mass is 9.92. The summed E-state index contributed by atoms with van der Waals surface area (Å²) in [5.41, 5.74) is 0. The van der Waals surface area contributed by atoms with E-state index in [1.807, 2.05) is 0 Å². The Morgan fingerprint density at radius 3 is 2.52 bits per heavy atom. The summed E-state index contributed by atoms with van der Waals surface area (Å²) in [6.07, 6.45) is 7.64. The summed E-state index contributed by atoms with van der Waals surface area (Å²) in [6.45, 7) is 4.34. The Balaban J connectivity index is 1.60. The van der Waals surface area contributed by atoms with Crippen LogP contribution >= 0.6 is 0 Å². The number of aromatic nitrogens is 2. The molecule has 2 saturated heterocycles. The predicted molar refractivity (Wildman–Crippen MR) is 93.0 cm³/mol. The van der Waals surface area contributed by atoms with E-state index >= 15 is 0 Å². The zero-order chi connectivity index (χ0) is 17.6. The topological polar surface area (TPSA) is 75.6 Å². The van der Waals surface area contributed by atoms with E-state index in [1.54, 1.807) is 30.3 Å². The number of likely N-dealkylation sites (tertiary alicyclic amines) is 1. The van der Waals surface area contributed by atoms with Crippen molar-refractivity contribution in [2.24, 2.45) is 5.92 Å². The maximum absolute atomic E-state index is 13.0. The van der Waals surface area contributed by atoms with Crippen LogP contribution in [0.25, 0.3) is 0 Å². The van der Waals surface area contributed by atoms with Crippen molar-refractivity contribution in [1.82, 2.24) is 14.9 Å². The molecule has 1 aromatic heterocycles. The van der Waals surface area contributed by atoms with Gasteiger partial charge in [-0.2, -0.15) is 0 Å².